The van der Waals surface area contributed by atoms with Gasteiger partial charge in [0.05, 0.1) is 0 Å². The summed E-state index contributed by atoms with van der Waals surface area (Å²) in [5.41, 5.74) is 7.57. The van der Waals surface area contributed by atoms with Gasteiger partial charge in [-0.05, 0) is 61.8 Å². The molecule has 2 fully saturated rings. The lowest BCUT2D eigenvalue weighted by atomic mass is 9.79. The summed E-state index contributed by atoms with van der Waals surface area (Å²) in [6, 6.07) is 5.26. The Hall–Kier alpha value is -1.55. The number of carbonyl (C=O) groups is 1. The van der Waals surface area contributed by atoms with Gasteiger partial charge in [-0.25, -0.2) is 0 Å². The van der Waals surface area contributed by atoms with Crippen LogP contribution in [-0.2, 0) is 0 Å². The highest BCUT2D eigenvalue weighted by atomic mass is 16.3. The molecule has 4 heteroatoms. The molecule has 1 saturated heterocycles. The maximum absolute atomic E-state index is 12.6. The molecular formula is C16H22N2O2. The summed E-state index contributed by atoms with van der Waals surface area (Å²) in [6.45, 7) is 3.56. The number of likely N-dealkylation sites (tertiary alicyclic amines) is 1. The van der Waals surface area contributed by atoms with Crippen molar-refractivity contribution in [2.24, 2.45) is 17.6 Å². The Balaban J connectivity index is 1.75. The predicted molar refractivity (Wildman–Crippen MR) is 77.6 cm³/mol. The van der Waals surface area contributed by atoms with Gasteiger partial charge in [0.1, 0.15) is 5.75 Å². The Morgan fingerprint density at radius 3 is 2.80 bits per heavy atom. The Morgan fingerprint density at radius 2 is 2.05 bits per heavy atom. The third-order valence-corrected chi connectivity index (χ3v) is 4.82. The van der Waals surface area contributed by atoms with Gasteiger partial charge in [-0.1, -0.05) is 0 Å². The predicted octanol–water partition coefficient (Wildman–Crippen LogP) is 1.90. The van der Waals surface area contributed by atoms with E-state index in [-0.39, 0.29) is 11.7 Å². The minimum absolute atomic E-state index is 0.0884. The number of hydrogen-bond acceptors (Lipinski definition) is 3. The van der Waals surface area contributed by atoms with Crippen LogP contribution >= 0.6 is 0 Å². The van der Waals surface area contributed by atoms with Crippen molar-refractivity contribution in [1.82, 2.24) is 4.90 Å². The molecule has 3 rings (SSSR count). The van der Waals surface area contributed by atoms with E-state index in [1.54, 1.807) is 18.2 Å². The van der Waals surface area contributed by atoms with Crippen LogP contribution in [0.4, 0.5) is 0 Å². The van der Waals surface area contributed by atoms with Gasteiger partial charge in [-0.3, -0.25) is 4.79 Å². The van der Waals surface area contributed by atoms with E-state index in [9.17, 15) is 9.90 Å². The molecule has 1 aliphatic carbocycles. The van der Waals surface area contributed by atoms with Crippen molar-refractivity contribution < 1.29 is 9.90 Å². The molecule has 1 amide bonds. The molecule has 1 heterocycles. The lowest BCUT2D eigenvalue weighted by molar-refractivity contribution is 0.0783. The molecular weight excluding hydrogens is 252 g/mol. The molecule has 1 aliphatic heterocycles. The van der Waals surface area contributed by atoms with Gasteiger partial charge in [0.25, 0.3) is 5.91 Å². The summed E-state index contributed by atoms with van der Waals surface area (Å²) in [6.07, 6.45) is 3.27. The van der Waals surface area contributed by atoms with Gasteiger partial charge in [0.2, 0.25) is 0 Å². The number of nitrogens with zero attached hydrogens (tertiary/aromatic N) is 1. The third-order valence-electron chi connectivity index (χ3n) is 4.82. The Bertz CT molecular complexity index is 529. The SMILES string of the molecule is Cc1cc(O)ccc1C(=O)N1C[C@H]2CCC(N)C[C@H]2C1. The zero-order valence-corrected chi connectivity index (χ0v) is 11.9. The van der Waals surface area contributed by atoms with Gasteiger partial charge in [0, 0.05) is 24.7 Å². The normalized spacial score (nSPS) is 29.3. The minimum atomic E-state index is 0.0884. The largest absolute Gasteiger partial charge is 0.508 e. The third kappa shape index (κ3) is 2.40. The van der Waals surface area contributed by atoms with Crippen LogP contribution in [0.1, 0.15) is 35.2 Å². The zero-order valence-electron chi connectivity index (χ0n) is 11.9. The lowest BCUT2D eigenvalue weighted by Gasteiger charge is -2.27. The monoisotopic (exact) mass is 274 g/mol. The molecule has 0 radical (unpaired) electrons. The number of benzene rings is 1. The second kappa shape index (κ2) is 5.09. The first-order valence-corrected chi connectivity index (χ1v) is 7.39. The maximum Gasteiger partial charge on any atom is 0.254 e. The van der Waals surface area contributed by atoms with Crippen LogP contribution in [0.2, 0.25) is 0 Å². The number of aryl methyl sites for hydroxylation is 1. The Morgan fingerprint density at radius 1 is 1.30 bits per heavy atom. The van der Waals surface area contributed by atoms with E-state index in [0.29, 0.717) is 23.4 Å². The fourth-order valence-electron chi connectivity index (χ4n) is 3.69. The summed E-state index contributed by atoms with van der Waals surface area (Å²) in [5.74, 6) is 1.49. The standard InChI is InChI=1S/C16H22N2O2/c1-10-6-14(19)4-5-15(10)16(20)18-8-11-2-3-13(17)7-12(11)9-18/h4-6,11-13,19H,2-3,7-9,17H2,1H3/t11-,12+,13?/m1/s1. The molecule has 1 aromatic carbocycles. The topological polar surface area (TPSA) is 66.6 Å². The van der Waals surface area contributed by atoms with Crippen molar-refractivity contribution in [2.45, 2.75) is 32.2 Å². The number of fused-ring (bicyclic) bond motifs is 1. The first kappa shape index (κ1) is 13.4. The second-order valence-electron chi connectivity index (χ2n) is 6.30. The highest BCUT2D eigenvalue weighted by molar-refractivity contribution is 5.96. The average molecular weight is 274 g/mol. The van der Waals surface area contributed by atoms with Crippen molar-refractivity contribution in [3.63, 3.8) is 0 Å². The van der Waals surface area contributed by atoms with Crippen LogP contribution in [0.25, 0.3) is 0 Å². The molecule has 2 aliphatic rings. The zero-order chi connectivity index (χ0) is 14.3. The van der Waals surface area contributed by atoms with Crippen LogP contribution in [0.5, 0.6) is 5.75 Å². The summed E-state index contributed by atoms with van der Waals surface area (Å²) in [7, 11) is 0. The number of amides is 1. The molecule has 1 unspecified atom stereocenters. The number of phenolic OH excluding ortho intramolecular Hbond substituents is 1. The molecule has 20 heavy (non-hydrogen) atoms. The molecule has 1 aromatic rings. The first-order valence-electron chi connectivity index (χ1n) is 7.39. The molecule has 4 nitrogen and oxygen atoms in total. The fourth-order valence-corrected chi connectivity index (χ4v) is 3.69. The number of aromatic hydroxyl groups is 1. The average Bonchev–Trinajstić information content (AvgIpc) is 2.81. The number of hydrogen-bond donors (Lipinski definition) is 2. The smallest absolute Gasteiger partial charge is 0.254 e. The summed E-state index contributed by atoms with van der Waals surface area (Å²) < 4.78 is 0. The van der Waals surface area contributed by atoms with Gasteiger partial charge in [0.15, 0.2) is 0 Å². The molecule has 0 spiro atoms. The van der Waals surface area contributed by atoms with Gasteiger partial charge in [-0.15, -0.1) is 0 Å². The van der Waals surface area contributed by atoms with Crippen LogP contribution in [0.3, 0.4) is 0 Å². The van der Waals surface area contributed by atoms with E-state index in [4.69, 9.17) is 5.73 Å². The minimum Gasteiger partial charge on any atom is -0.508 e. The molecule has 108 valence electrons. The van der Waals surface area contributed by atoms with Crippen LogP contribution in [0, 0.1) is 18.8 Å². The van der Waals surface area contributed by atoms with Crippen LogP contribution < -0.4 is 5.73 Å². The summed E-state index contributed by atoms with van der Waals surface area (Å²) in [4.78, 5) is 14.6. The summed E-state index contributed by atoms with van der Waals surface area (Å²) >= 11 is 0. The van der Waals surface area contributed by atoms with E-state index >= 15 is 0 Å². The Labute approximate surface area is 119 Å². The van der Waals surface area contributed by atoms with E-state index in [1.165, 1.54) is 0 Å². The Kier molecular flexibility index (Phi) is 3.42. The van der Waals surface area contributed by atoms with Crippen molar-refractivity contribution in [3.05, 3.63) is 29.3 Å². The van der Waals surface area contributed by atoms with Crippen molar-refractivity contribution in [3.8, 4) is 5.75 Å². The molecule has 3 N–H and O–H groups in total. The fraction of sp³-hybridized carbons (Fsp3) is 0.562. The molecule has 3 atom stereocenters. The first-order chi connectivity index (χ1) is 9.54. The number of rotatable bonds is 1. The van der Waals surface area contributed by atoms with Gasteiger partial charge in [-0.2, -0.15) is 0 Å². The lowest BCUT2D eigenvalue weighted by Crippen LogP contribution is -2.32. The van der Waals surface area contributed by atoms with E-state index in [1.807, 2.05) is 11.8 Å². The van der Waals surface area contributed by atoms with Gasteiger partial charge < -0.3 is 15.7 Å². The van der Waals surface area contributed by atoms with Crippen molar-refractivity contribution in [2.75, 3.05) is 13.1 Å². The maximum atomic E-state index is 12.6. The quantitative estimate of drug-likeness (QED) is 0.822. The number of phenols is 1. The van der Waals surface area contributed by atoms with Crippen LogP contribution in [-0.4, -0.2) is 35.0 Å². The summed E-state index contributed by atoms with van der Waals surface area (Å²) in [5, 5.41) is 9.44. The number of carbonyl (C=O) groups excluding carboxylic acids is 1. The van der Waals surface area contributed by atoms with Gasteiger partial charge >= 0.3 is 0 Å². The van der Waals surface area contributed by atoms with Crippen molar-refractivity contribution >= 4 is 5.91 Å². The highest BCUT2D eigenvalue weighted by Crippen LogP contribution is 2.36. The van der Waals surface area contributed by atoms with Crippen molar-refractivity contribution in [1.29, 1.82) is 0 Å². The van der Waals surface area contributed by atoms with Crippen LogP contribution in [0.15, 0.2) is 18.2 Å². The highest BCUT2D eigenvalue weighted by Gasteiger charge is 2.38. The van der Waals surface area contributed by atoms with E-state index in [0.717, 1.165) is 37.9 Å². The van der Waals surface area contributed by atoms with E-state index in [2.05, 4.69) is 0 Å². The number of nitrogens with two attached hydrogens (primary N) is 1. The second-order valence-corrected chi connectivity index (χ2v) is 6.30. The molecule has 1 saturated carbocycles. The van der Waals surface area contributed by atoms with E-state index < -0.39 is 0 Å². The molecule has 0 aromatic heterocycles. The molecule has 0 bridgehead atoms.